The molecule has 1 aliphatic heterocycles. The second-order valence-corrected chi connectivity index (χ2v) is 5.40. The first-order valence-corrected chi connectivity index (χ1v) is 6.99. The summed E-state index contributed by atoms with van der Waals surface area (Å²) in [6, 6.07) is 3.36. The average Bonchev–Trinajstić information content (AvgIpc) is 2.46. The zero-order chi connectivity index (χ0) is 15.6. The molecule has 114 valence electrons. The highest BCUT2D eigenvalue weighted by Gasteiger charge is 2.28. The molecular weight excluding hydrogens is 299 g/mol. The SMILES string of the molecule is C[C@@H](C(=O)O)N1CCN(C(=O)c2ccc(Cl)cc2F)CC1. The Hall–Kier alpha value is -1.66. The van der Waals surface area contributed by atoms with Crippen LogP contribution in [0, 0.1) is 5.82 Å². The van der Waals surface area contributed by atoms with Gasteiger partial charge in [0.05, 0.1) is 5.56 Å². The van der Waals surface area contributed by atoms with Gasteiger partial charge in [-0.3, -0.25) is 14.5 Å². The summed E-state index contributed by atoms with van der Waals surface area (Å²) in [5, 5.41) is 9.21. The number of aliphatic carboxylic acids is 1. The van der Waals surface area contributed by atoms with E-state index in [1.807, 2.05) is 0 Å². The number of amides is 1. The van der Waals surface area contributed by atoms with Crippen LogP contribution in [0.1, 0.15) is 17.3 Å². The van der Waals surface area contributed by atoms with Crippen LogP contribution in [0.3, 0.4) is 0 Å². The van der Waals surface area contributed by atoms with Crippen LogP contribution in [-0.4, -0.2) is 59.0 Å². The van der Waals surface area contributed by atoms with E-state index in [4.69, 9.17) is 16.7 Å². The summed E-state index contributed by atoms with van der Waals surface area (Å²) in [7, 11) is 0. The zero-order valence-corrected chi connectivity index (χ0v) is 12.3. The molecule has 1 saturated heterocycles. The Labute approximate surface area is 126 Å². The molecule has 1 aromatic carbocycles. The molecule has 1 N–H and O–H groups in total. The van der Waals surface area contributed by atoms with Gasteiger partial charge in [-0.15, -0.1) is 0 Å². The fourth-order valence-corrected chi connectivity index (χ4v) is 2.46. The lowest BCUT2D eigenvalue weighted by Gasteiger charge is -2.36. The van der Waals surface area contributed by atoms with Crippen molar-refractivity contribution >= 4 is 23.5 Å². The summed E-state index contributed by atoms with van der Waals surface area (Å²) in [6.45, 7) is 3.26. The molecule has 1 amide bonds. The topological polar surface area (TPSA) is 60.9 Å². The van der Waals surface area contributed by atoms with Crippen LogP contribution in [0.5, 0.6) is 0 Å². The van der Waals surface area contributed by atoms with Crippen molar-refractivity contribution in [2.75, 3.05) is 26.2 Å². The van der Waals surface area contributed by atoms with E-state index in [1.54, 1.807) is 11.8 Å². The third-order valence-electron chi connectivity index (χ3n) is 3.67. The van der Waals surface area contributed by atoms with Crippen molar-refractivity contribution in [1.82, 2.24) is 9.80 Å². The molecule has 1 atom stereocenters. The molecule has 0 spiro atoms. The lowest BCUT2D eigenvalue weighted by Crippen LogP contribution is -2.53. The van der Waals surface area contributed by atoms with E-state index in [9.17, 15) is 14.0 Å². The molecule has 5 nitrogen and oxygen atoms in total. The molecular formula is C14H16ClFN2O3. The van der Waals surface area contributed by atoms with Gasteiger partial charge in [-0.05, 0) is 25.1 Å². The summed E-state index contributed by atoms with van der Waals surface area (Å²) in [6.07, 6.45) is 0. The molecule has 1 aliphatic rings. The van der Waals surface area contributed by atoms with Crippen LogP contribution in [0.2, 0.25) is 5.02 Å². The Balaban J connectivity index is 2.02. The van der Waals surface area contributed by atoms with E-state index >= 15 is 0 Å². The lowest BCUT2D eigenvalue weighted by molar-refractivity contribution is -0.143. The molecule has 0 aromatic heterocycles. The Bertz CT molecular complexity index is 559. The number of benzene rings is 1. The Kier molecular flexibility index (Phi) is 4.80. The maximum Gasteiger partial charge on any atom is 0.320 e. The van der Waals surface area contributed by atoms with Crippen LogP contribution < -0.4 is 0 Å². The standard InChI is InChI=1S/C14H16ClFN2O3/c1-9(14(20)21)17-4-6-18(7-5-17)13(19)11-3-2-10(15)8-12(11)16/h2-3,8-9H,4-7H2,1H3,(H,20,21)/t9-/m0/s1. The van der Waals surface area contributed by atoms with E-state index in [-0.39, 0.29) is 10.6 Å². The number of carbonyl (C=O) groups excluding carboxylic acids is 1. The summed E-state index contributed by atoms with van der Waals surface area (Å²) < 4.78 is 13.7. The largest absolute Gasteiger partial charge is 0.480 e. The van der Waals surface area contributed by atoms with Crippen molar-refractivity contribution in [3.05, 3.63) is 34.6 Å². The summed E-state index contributed by atoms with van der Waals surface area (Å²) in [5.41, 5.74) is -0.0147. The van der Waals surface area contributed by atoms with Crippen molar-refractivity contribution in [2.45, 2.75) is 13.0 Å². The third-order valence-corrected chi connectivity index (χ3v) is 3.90. The highest BCUT2D eigenvalue weighted by atomic mass is 35.5. The van der Waals surface area contributed by atoms with Crippen LogP contribution in [0.4, 0.5) is 4.39 Å². The zero-order valence-electron chi connectivity index (χ0n) is 11.6. The van der Waals surface area contributed by atoms with Gasteiger partial charge < -0.3 is 10.0 Å². The van der Waals surface area contributed by atoms with E-state index in [2.05, 4.69) is 0 Å². The molecule has 0 unspecified atom stereocenters. The molecule has 0 aliphatic carbocycles. The molecule has 7 heteroatoms. The quantitative estimate of drug-likeness (QED) is 0.922. The number of hydrogen-bond donors (Lipinski definition) is 1. The fraction of sp³-hybridized carbons (Fsp3) is 0.429. The van der Waals surface area contributed by atoms with Crippen LogP contribution >= 0.6 is 11.6 Å². The van der Waals surface area contributed by atoms with Gasteiger partial charge >= 0.3 is 5.97 Å². The molecule has 1 heterocycles. The molecule has 1 fully saturated rings. The number of carboxylic acid groups (broad SMARTS) is 1. The molecule has 1 aromatic rings. The van der Waals surface area contributed by atoms with Crippen LogP contribution in [-0.2, 0) is 4.79 Å². The summed E-state index contributed by atoms with van der Waals surface area (Å²) >= 11 is 5.66. The first-order valence-electron chi connectivity index (χ1n) is 6.61. The van der Waals surface area contributed by atoms with E-state index in [0.717, 1.165) is 6.07 Å². The van der Waals surface area contributed by atoms with Gasteiger partial charge in [0.1, 0.15) is 11.9 Å². The smallest absolute Gasteiger partial charge is 0.320 e. The minimum atomic E-state index is -0.890. The predicted octanol–water partition coefficient (Wildman–Crippen LogP) is 1.71. The molecule has 21 heavy (non-hydrogen) atoms. The van der Waals surface area contributed by atoms with Crippen LogP contribution in [0.25, 0.3) is 0 Å². The number of hydrogen-bond acceptors (Lipinski definition) is 3. The van der Waals surface area contributed by atoms with Gasteiger partial charge in [0.2, 0.25) is 0 Å². The molecule has 0 radical (unpaired) electrons. The Morgan fingerprint density at radius 1 is 1.29 bits per heavy atom. The first-order chi connectivity index (χ1) is 9.90. The highest BCUT2D eigenvalue weighted by molar-refractivity contribution is 6.30. The van der Waals surface area contributed by atoms with E-state index in [0.29, 0.717) is 26.2 Å². The number of piperazine rings is 1. The second kappa shape index (κ2) is 6.41. The van der Waals surface area contributed by atoms with Gasteiger partial charge in [0.15, 0.2) is 0 Å². The van der Waals surface area contributed by atoms with Crippen molar-refractivity contribution in [2.24, 2.45) is 0 Å². The molecule has 0 bridgehead atoms. The first kappa shape index (κ1) is 15.7. The van der Waals surface area contributed by atoms with Crippen molar-refractivity contribution in [3.8, 4) is 0 Å². The number of halogens is 2. The van der Waals surface area contributed by atoms with E-state index in [1.165, 1.54) is 17.0 Å². The Morgan fingerprint density at radius 2 is 1.90 bits per heavy atom. The van der Waals surface area contributed by atoms with Gasteiger partial charge in [-0.25, -0.2) is 4.39 Å². The minimum absolute atomic E-state index is 0.0147. The van der Waals surface area contributed by atoms with E-state index < -0.39 is 23.7 Å². The maximum absolute atomic E-state index is 13.7. The van der Waals surface area contributed by atoms with Crippen LogP contribution in [0.15, 0.2) is 18.2 Å². The number of rotatable bonds is 3. The second-order valence-electron chi connectivity index (χ2n) is 4.97. The van der Waals surface area contributed by atoms with Gasteiger partial charge in [0, 0.05) is 31.2 Å². The maximum atomic E-state index is 13.7. The van der Waals surface area contributed by atoms with Gasteiger partial charge in [-0.2, -0.15) is 0 Å². The number of carbonyl (C=O) groups is 2. The third kappa shape index (κ3) is 3.51. The molecule has 2 rings (SSSR count). The number of carboxylic acids is 1. The Morgan fingerprint density at radius 3 is 2.43 bits per heavy atom. The summed E-state index contributed by atoms with van der Waals surface area (Å²) in [4.78, 5) is 26.5. The number of nitrogens with zero attached hydrogens (tertiary/aromatic N) is 2. The van der Waals surface area contributed by atoms with Crippen molar-refractivity contribution < 1.29 is 19.1 Å². The van der Waals surface area contributed by atoms with Gasteiger partial charge in [-0.1, -0.05) is 11.6 Å². The van der Waals surface area contributed by atoms with Gasteiger partial charge in [0.25, 0.3) is 5.91 Å². The van der Waals surface area contributed by atoms with Crippen molar-refractivity contribution in [3.63, 3.8) is 0 Å². The van der Waals surface area contributed by atoms with Crippen molar-refractivity contribution in [1.29, 1.82) is 0 Å². The monoisotopic (exact) mass is 314 g/mol. The highest BCUT2D eigenvalue weighted by Crippen LogP contribution is 2.17. The minimum Gasteiger partial charge on any atom is -0.480 e. The fourth-order valence-electron chi connectivity index (χ4n) is 2.30. The predicted molar refractivity (Wildman–Crippen MR) is 76.0 cm³/mol. The normalized spacial score (nSPS) is 17.6. The summed E-state index contributed by atoms with van der Waals surface area (Å²) in [5.74, 6) is -1.93. The lowest BCUT2D eigenvalue weighted by atomic mass is 10.1. The average molecular weight is 315 g/mol. The molecule has 0 saturated carbocycles.